The average Bonchev–Trinajstić information content (AvgIpc) is 2.86. The van der Waals surface area contributed by atoms with Crippen molar-refractivity contribution in [3.05, 3.63) is 96.1 Å². The summed E-state index contributed by atoms with van der Waals surface area (Å²) in [5.41, 5.74) is 2.55. The van der Waals surface area contributed by atoms with Crippen LogP contribution >= 0.6 is 0 Å². The molecular weight excluding hydrogens is 400 g/mol. The van der Waals surface area contributed by atoms with Crippen molar-refractivity contribution in [1.82, 2.24) is 9.80 Å². The second-order valence-electron chi connectivity index (χ2n) is 8.02. The van der Waals surface area contributed by atoms with Crippen molar-refractivity contribution in [2.75, 3.05) is 33.3 Å². The Morgan fingerprint density at radius 2 is 1.25 bits per heavy atom. The molecule has 3 aromatic carbocycles. The molecule has 0 unspecified atom stereocenters. The smallest absolute Gasteiger partial charge is 0.263 e. The van der Waals surface area contributed by atoms with Gasteiger partial charge in [0.2, 0.25) is 0 Å². The molecule has 3 aromatic rings. The minimum absolute atomic E-state index is 0.0245. The van der Waals surface area contributed by atoms with E-state index in [9.17, 15) is 4.79 Å². The van der Waals surface area contributed by atoms with E-state index in [4.69, 9.17) is 9.47 Å². The summed E-state index contributed by atoms with van der Waals surface area (Å²) in [6, 6.07) is 28.7. The summed E-state index contributed by atoms with van der Waals surface area (Å²) in [5, 5.41) is 0. The normalized spacial score (nSPS) is 15.4. The summed E-state index contributed by atoms with van der Waals surface area (Å²) in [5.74, 6) is 1.45. The molecule has 1 aliphatic heterocycles. The van der Waals surface area contributed by atoms with Crippen molar-refractivity contribution in [3.8, 4) is 11.5 Å². The fraction of sp³-hybridized carbons (Fsp3) is 0.296. The lowest BCUT2D eigenvalue weighted by molar-refractivity contribution is -0.140. The number of piperazine rings is 1. The van der Waals surface area contributed by atoms with Crippen molar-refractivity contribution < 1.29 is 14.3 Å². The van der Waals surface area contributed by atoms with Crippen LogP contribution in [-0.4, -0.2) is 55.1 Å². The van der Waals surface area contributed by atoms with E-state index in [1.165, 1.54) is 11.1 Å². The van der Waals surface area contributed by atoms with Gasteiger partial charge in [-0.2, -0.15) is 0 Å². The Morgan fingerprint density at radius 1 is 0.750 bits per heavy atom. The van der Waals surface area contributed by atoms with E-state index in [2.05, 4.69) is 53.4 Å². The lowest BCUT2D eigenvalue weighted by atomic mass is 9.96. The van der Waals surface area contributed by atoms with Crippen LogP contribution in [-0.2, 0) is 4.79 Å². The van der Waals surface area contributed by atoms with Gasteiger partial charge in [-0.25, -0.2) is 0 Å². The van der Waals surface area contributed by atoms with Gasteiger partial charge in [0.05, 0.1) is 13.2 Å². The third-order valence-corrected chi connectivity index (χ3v) is 5.94. The third-order valence-electron chi connectivity index (χ3n) is 5.94. The number of rotatable bonds is 7. The van der Waals surface area contributed by atoms with Gasteiger partial charge >= 0.3 is 0 Å². The van der Waals surface area contributed by atoms with Crippen LogP contribution in [0.2, 0.25) is 0 Å². The first-order chi connectivity index (χ1) is 15.7. The maximum absolute atomic E-state index is 13.0. The van der Waals surface area contributed by atoms with Gasteiger partial charge in [0.1, 0.15) is 11.5 Å². The predicted octanol–water partition coefficient (Wildman–Crippen LogP) is 4.40. The van der Waals surface area contributed by atoms with Gasteiger partial charge in [0.15, 0.2) is 6.10 Å². The number of amides is 1. The molecule has 0 radical (unpaired) electrons. The van der Waals surface area contributed by atoms with E-state index in [0.717, 1.165) is 18.8 Å². The molecule has 0 saturated carbocycles. The molecule has 4 rings (SSSR count). The number of methoxy groups -OCH3 is 1. The highest BCUT2D eigenvalue weighted by molar-refractivity contribution is 5.81. The predicted molar refractivity (Wildman–Crippen MR) is 126 cm³/mol. The SMILES string of the molecule is COc1ccc(O[C@H](C)C(=O)N2CCN(C(c3ccccc3)c3ccccc3)CC2)cc1. The highest BCUT2D eigenvalue weighted by Crippen LogP contribution is 2.29. The minimum atomic E-state index is -0.533. The van der Waals surface area contributed by atoms with Crippen LogP contribution in [0.25, 0.3) is 0 Å². The fourth-order valence-electron chi connectivity index (χ4n) is 4.25. The second-order valence-corrected chi connectivity index (χ2v) is 8.02. The van der Waals surface area contributed by atoms with Crippen molar-refractivity contribution in [2.45, 2.75) is 19.1 Å². The molecule has 32 heavy (non-hydrogen) atoms. The average molecular weight is 431 g/mol. The molecule has 1 heterocycles. The van der Waals surface area contributed by atoms with Crippen LogP contribution in [0.5, 0.6) is 11.5 Å². The zero-order chi connectivity index (χ0) is 22.3. The Balaban J connectivity index is 1.40. The van der Waals surface area contributed by atoms with Crippen molar-refractivity contribution in [2.24, 2.45) is 0 Å². The Hall–Kier alpha value is -3.31. The number of hydrogen-bond acceptors (Lipinski definition) is 4. The van der Waals surface area contributed by atoms with Gasteiger partial charge in [-0.05, 0) is 42.3 Å². The second kappa shape index (κ2) is 10.3. The standard InChI is InChI=1S/C27H30N2O3/c1-21(32-25-15-13-24(31-2)14-16-25)27(30)29-19-17-28(18-20-29)26(22-9-5-3-6-10-22)23-11-7-4-8-12-23/h3-16,21,26H,17-20H2,1-2H3/t21-/m1/s1. The highest BCUT2D eigenvalue weighted by atomic mass is 16.5. The van der Waals surface area contributed by atoms with Crippen LogP contribution < -0.4 is 9.47 Å². The van der Waals surface area contributed by atoms with Crippen LogP contribution in [0, 0.1) is 0 Å². The van der Waals surface area contributed by atoms with E-state index in [0.29, 0.717) is 18.8 Å². The lowest BCUT2D eigenvalue weighted by Crippen LogP contribution is -2.52. The van der Waals surface area contributed by atoms with E-state index in [1.807, 2.05) is 48.2 Å². The lowest BCUT2D eigenvalue weighted by Gasteiger charge is -2.40. The first-order valence-electron chi connectivity index (χ1n) is 11.1. The van der Waals surface area contributed by atoms with E-state index in [1.54, 1.807) is 7.11 Å². The van der Waals surface area contributed by atoms with Crippen molar-refractivity contribution >= 4 is 5.91 Å². The monoisotopic (exact) mass is 430 g/mol. The van der Waals surface area contributed by atoms with Crippen LogP contribution in [0.4, 0.5) is 0 Å². The summed E-state index contributed by atoms with van der Waals surface area (Å²) < 4.78 is 11.1. The van der Waals surface area contributed by atoms with E-state index < -0.39 is 6.10 Å². The zero-order valence-corrected chi connectivity index (χ0v) is 18.7. The van der Waals surface area contributed by atoms with Crippen molar-refractivity contribution in [3.63, 3.8) is 0 Å². The molecule has 0 aromatic heterocycles. The maximum atomic E-state index is 13.0. The molecule has 1 amide bonds. The quantitative estimate of drug-likeness (QED) is 0.557. The van der Waals surface area contributed by atoms with Crippen LogP contribution in [0.1, 0.15) is 24.1 Å². The first kappa shape index (κ1) is 21.9. The van der Waals surface area contributed by atoms with E-state index >= 15 is 0 Å². The molecule has 0 aliphatic carbocycles. The van der Waals surface area contributed by atoms with Gasteiger partial charge in [-0.1, -0.05) is 60.7 Å². The van der Waals surface area contributed by atoms with Crippen LogP contribution in [0.3, 0.4) is 0 Å². The van der Waals surface area contributed by atoms with Gasteiger partial charge in [0, 0.05) is 26.2 Å². The van der Waals surface area contributed by atoms with Gasteiger partial charge in [-0.3, -0.25) is 9.69 Å². The molecule has 0 spiro atoms. The number of nitrogens with zero attached hydrogens (tertiary/aromatic N) is 2. The topological polar surface area (TPSA) is 42.0 Å². The molecule has 166 valence electrons. The number of ether oxygens (including phenoxy) is 2. The molecule has 1 aliphatic rings. The summed E-state index contributed by atoms with van der Waals surface area (Å²) in [6.45, 7) is 4.82. The molecule has 1 fully saturated rings. The van der Waals surface area contributed by atoms with Crippen molar-refractivity contribution in [1.29, 1.82) is 0 Å². The molecule has 1 saturated heterocycles. The Bertz CT molecular complexity index is 945. The fourth-order valence-corrected chi connectivity index (χ4v) is 4.25. The Labute approximate surface area is 190 Å². The summed E-state index contributed by atoms with van der Waals surface area (Å²) in [4.78, 5) is 17.4. The molecule has 5 nitrogen and oxygen atoms in total. The largest absolute Gasteiger partial charge is 0.497 e. The summed E-state index contributed by atoms with van der Waals surface area (Å²) in [7, 11) is 1.63. The molecule has 0 N–H and O–H groups in total. The Morgan fingerprint density at radius 3 is 1.75 bits per heavy atom. The summed E-state index contributed by atoms with van der Waals surface area (Å²) >= 11 is 0. The third kappa shape index (κ3) is 5.11. The first-order valence-corrected chi connectivity index (χ1v) is 11.1. The van der Waals surface area contributed by atoms with Gasteiger partial charge in [-0.15, -0.1) is 0 Å². The minimum Gasteiger partial charge on any atom is -0.497 e. The Kier molecular flexibility index (Phi) is 7.07. The van der Waals surface area contributed by atoms with Gasteiger partial charge < -0.3 is 14.4 Å². The molecule has 1 atom stereocenters. The molecule has 5 heteroatoms. The van der Waals surface area contributed by atoms with Gasteiger partial charge in [0.25, 0.3) is 5.91 Å². The summed E-state index contributed by atoms with van der Waals surface area (Å²) in [6.07, 6.45) is -0.533. The highest BCUT2D eigenvalue weighted by Gasteiger charge is 2.30. The van der Waals surface area contributed by atoms with Crippen LogP contribution in [0.15, 0.2) is 84.9 Å². The maximum Gasteiger partial charge on any atom is 0.263 e. The number of carbonyl (C=O) groups is 1. The molecule has 0 bridgehead atoms. The molecular formula is C27H30N2O3. The number of carbonyl (C=O) groups excluding carboxylic acids is 1. The van der Waals surface area contributed by atoms with E-state index in [-0.39, 0.29) is 11.9 Å². The zero-order valence-electron chi connectivity index (χ0n) is 18.7. The number of benzene rings is 3. The number of hydrogen-bond donors (Lipinski definition) is 0.